The molecule has 0 saturated carbocycles. The van der Waals surface area contributed by atoms with Gasteiger partial charge in [0.05, 0.1) is 4.92 Å². The summed E-state index contributed by atoms with van der Waals surface area (Å²) >= 11 is -1.14. The van der Waals surface area contributed by atoms with Crippen LogP contribution in [0.25, 0.3) is 0 Å². The van der Waals surface area contributed by atoms with E-state index < -0.39 is 16.1 Å². The molecule has 0 saturated heterocycles. The highest BCUT2D eigenvalue weighted by atomic mass is 32.2. The van der Waals surface area contributed by atoms with Gasteiger partial charge >= 0.3 is 0 Å². The van der Waals surface area contributed by atoms with Crippen LogP contribution >= 0.6 is 0 Å². The molecule has 1 rings (SSSR count). The van der Waals surface area contributed by atoms with Gasteiger partial charge in [-0.2, -0.15) is 0 Å². The van der Waals surface area contributed by atoms with Crippen LogP contribution in [0, 0.1) is 10.1 Å². The van der Waals surface area contributed by atoms with Gasteiger partial charge in [0.2, 0.25) is 0 Å². The Labute approximate surface area is 91.6 Å². The van der Waals surface area contributed by atoms with Gasteiger partial charge in [-0.05, 0) is 31.9 Å². The molecule has 15 heavy (non-hydrogen) atoms. The smallest absolute Gasteiger partial charge is 0.269 e. The van der Waals surface area contributed by atoms with Gasteiger partial charge in [-0.3, -0.25) is 10.1 Å². The lowest BCUT2D eigenvalue weighted by atomic mass is 10.3. The predicted molar refractivity (Wildman–Crippen MR) is 59.3 cm³/mol. The van der Waals surface area contributed by atoms with Gasteiger partial charge in [0, 0.05) is 24.3 Å². The van der Waals surface area contributed by atoms with Crippen LogP contribution < -0.4 is 0 Å². The van der Waals surface area contributed by atoms with Gasteiger partial charge in [-0.15, -0.1) is 0 Å². The Balaban J connectivity index is 2.94. The Morgan fingerprint density at radius 2 is 1.67 bits per heavy atom. The van der Waals surface area contributed by atoms with Crippen molar-refractivity contribution in [2.75, 3.05) is 0 Å². The van der Waals surface area contributed by atoms with E-state index in [4.69, 9.17) is 0 Å². The van der Waals surface area contributed by atoms with Crippen molar-refractivity contribution in [3.8, 4) is 0 Å². The van der Waals surface area contributed by atoms with Crippen molar-refractivity contribution in [1.82, 2.24) is 0 Å². The van der Waals surface area contributed by atoms with Crippen molar-refractivity contribution in [2.45, 2.75) is 30.4 Å². The summed E-state index contributed by atoms with van der Waals surface area (Å²) in [7, 11) is 0. The zero-order chi connectivity index (χ0) is 11.6. The molecule has 0 amide bonds. The molecule has 0 radical (unpaired) electrons. The van der Waals surface area contributed by atoms with Crippen LogP contribution in [0.4, 0.5) is 5.69 Å². The number of hydrogen-bond donors (Lipinski definition) is 0. The van der Waals surface area contributed by atoms with Crippen molar-refractivity contribution in [3.05, 3.63) is 34.4 Å². The lowest BCUT2D eigenvalue weighted by Gasteiger charge is -2.23. The lowest BCUT2D eigenvalue weighted by Crippen LogP contribution is -2.27. The Morgan fingerprint density at radius 1 is 1.20 bits per heavy atom. The van der Waals surface area contributed by atoms with E-state index in [0.717, 1.165) is 0 Å². The molecule has 0 aliphatic heterocycles. The summed E-state index contributed by atoms with van der Waals surface area (Å²) < 4.78 is 11.5. The fourth-order valence-corrected chi connectivity index (χ4v) is 2.14. The van der Waals surface area contributed by atoms with Crippen LogP contribution in [0.2, 0.25) is 0 Å². The van der Waals surface area contributed by atoms with Gasteiger partial charge in [0.15, 0.2) is 4.90 Å². The molecule has 1 aromatic rings. The second-order valence-electron chi connectivity index (χ2n) is 4.13. The van der Waals surface area contributed by atoms with Crippen molar-refractivity contribution in [3.63, 3.8) is 0 Å². The maximum atomic E-state index is 11.9. The van der Waals surface area contributed by atoms with E-state index in [2.05, 4.69) is 0 Å². The zero-order valence-electron chi connectivity index (χ0n) is 8.89. The average Bonchev–Trinajstić information content (AvgIpc) is 2.15. The Hall–Kier alpha value is -1.07. The number of hydrogen-bond acceptors (Lipinski definition) is 3. The van der Waals surface area contributed by atoms with Crippen LogP contribution in [0.3, 0.4) is 0 Å². The molecule has 82 valence electrons. The number of nitro groups is 1. The van der Waals surface area contributed by atoms with Gasteiger partial charge < -0.3 is 4.55 Å². The van der Waals surface area contributed by atoms with Crippen LogP contribution in [0.5, 0.6) is 0 Å². The van der Waals surface area contributed by atoms with Gasteiger partial charge in [0.1, 0.15) is 4.75 Å². The standard InChI is InChI=1S/C10H13NO3S/c1-10(2,3)15(14)9-6-4-8(5-7-9)11(12)13/h4-7H,1-3H3. The van der Waals surface area contributed by atoms with Crippen LogP contribution in [0.15, 0.2) is 29.2 Å². The van der Waals surface area contributed by atoms with Crippen LogP contribution in [0.1, 0.15) is 20.8 Å². The third-order valence-corrected chi connectivity index (χ3v) is 3.63. The molecule has 0 aliphatic carbocycles. The molecule has 0 spiro atoms. The third-order valence-electron chi connectivity index (χ3n) is 1.82. The summed E-state index contributed by atoms with van der Waals surface area (Å²) in [4.78, 5) is 10.6. The summed E-state index contributed by atoms with van der Waals surface area (Å²) in [5.74, 6) is 0. The lowest BCUT2D eigenvalue weighted by molar-refractivity contribution is -0.384. The molecule has 1 unspecified atom stereocenters. The van der Waals surface area contributed by atoms with Crippen LogP contribution in [-0.2, 0) is 11.2 Å². The Bertz CT molecular complexity index is 356. The second-order valence-corrected chi connectivity index (χ2v) is 6.37. The minimum absolute atomic E-state index is 0.0182. The minimum atomic E-state index is -1.14. The average molecular weight is 227 g/mol. The first-order chi connectivity index (χ1) is 6.82. The Morgan fingerprint density at radius 3 is 2.00 bits per heavy atom. The molecule has 0 aromatic heterocycles. The van der Waals surface area contributed by atoms with E-state index in [1.807, 2.05) is 20.8 Å². The van der Waals surface area contributed by atoms with E-state index >= 15 is 0 Å². The molecule has 5 heteroatoms. The van der Waals surface area contributed by atoms with Crippen molar-refractivity contribution >= 4 is 16.9 Å². The van der Waals surface area contributed by atoms with Gasteiger partial charge in [-0.25, -0.2) is 0 Å². The van der Waals surface area contributed by atoms with E-state index in [1.54, 1.807) is 12.1 Å². The van der Waals surface area contributed by atoms with Crippen molar-refractivity contribution in [1.29, 1.82) is 0 Å². The molecular formula is C10H13NO3S. The summed E-state index contributed by atoms with van der Waals surface area (Å²) in [5.41, 5.74) is 0.0182. The summed E-state index contributed by atoms with van der Waals surface area (Å²) in [6.45, 7) is 5.60. The Kier molecular flexibility index (Phi) is 3.36. The first-order valence-corrected chi connectivity index (χ1v) is 5.63. The highest BCUT2D eigenvalue weighted by Gasteiger charge is 2.28. The highest BCUT2D eigenvalue weighted by molar-refractivity contribution is 7.92. The fraction of sp³-hybridized carbons (Fsp3) is 0.400. The van der Waals surface area contributed by atoms with E-state index in [1.165, 1.54) is 12.1 Å². The van der Waals surface area contributed by atoms with Gasteiger partial charge in [0.25, 0.3) is 5.69 Å². The van der Waals surface area contributed by atoms with E-state index in [-0.39, 0.29) is 10.4 Å². The fourth-order valence-electron chi connectivity index (χ4n) is 1.05. The zero-order valence-corrected chi connectivity index (χ0v) is 9.71. The van der Waals surface area contributed by atoms with Crippen LogP contribution in [-0.4, -0.2) is 14.2 Å². The first kappa shape index (κ1) is 12.0. The van der Waals surface area contributed by atoms with Crippen molar-refractivity contribution in [2.24, 2.45) is 0 Å². The predicted octanol–water partition coefficient (Wildman–Crippen LogP) is 2.50. The second kappa shape index (κ2) is 4.20. The van der Waals surface area contributed by atoms with E-state index in [0.29, 0.717) is 4.90 Å². The molecule has 1 aromatic carbocycles. The number of nitro benzene ring substituents is 1. The first-order valence-electron chi connectivity index (χ1n) is 4.49. The quantitative estimate of drug-likeness (QED) is 0.443. The normalized spacial score (nSPS) is 13.6. The van der Waals surface area contributed by atoms with E-state index in [9.17, 15) is 14.7 Å². The number of nitrogens with zero attached hydrogens (tertiary/aromatic N) is 1. The minimum Gasteiger partial charge on any atom is -0.611 e. The molecular weight excluding hydrogens is 214 g/mol. The summed E-state index contributed by atoms with van der Waals surface area (Å²) in [6.07, 6.45) is 0. The number of rotatable bonds is 2. The SMILES string of the molecule is CC(C)(C)[S+]([O-])c1ccc([N+](=O)[O-])cc1. The molecule has 4 nitrogen and oxygen atoms in total. The largest absolute Gasteiger partial charge is 0.611 e. The van der Waals surface area contributed by atoms with Gasteiger partial charge in [-0.1, -0.05) is 0 Å². The maximum absolute atomic E-state index is 11.9. The maximum Gasteiger partial charge on any atom is 0.269 e. The topological polar surface area (TPSA) is 66.2 Å². The highest BCUT2D eigenvalue weighted by Crippen LogP contribution is 2.25. The molecule has 0 fully saturated rings. The van der Waals surface area contributed by atoms with Crippen molar-refractivity contribution < 1.29 is 9.48 Å². The monoisotopic (exact) mass is 227 g/mol. The number of non-ortho nitro benzene ring substituents is 1. The molecule has 0 heterocycles. The summed E-state index contributed by atoms with van der Waals surface area (Å²) in [6, 6.07) is 5.83. The molecule has 1 atom stereocenters. The number of benzene rings is 1. The molecule has 0 bridgehead atoms. The molecule has 0 N–H and O–H groups in total. The third kappa shape index (κ3) is 2.94. The molecule has 0 aliphatic rings. The summed E-state index contributed by atoms with van der Waals surface area (Å²) in [5, 5.41) is 10.4.